The van der Waals surface area contributed by atoms with Gasteiger partial charge in [0.15, 0.2) is 5.13 Å². The standard InChI is InChI=1S/C25H23F3N4O2S2/c1-24(22-4-2-18(25(26,27)28)15-20(22)16-6-9-29-10-7-16)21-5-3-19(14-17(21)8-11-31-24)36(33,34)32-23-30-12-13-35-23/h2-6,8,11-15,29,31H,7,9-10H2,1H3,(H,30,32). The number of aromatic nitrogens is 1. The molecule has 0 spiro atoms. The van der Waals surface area contributed by atoms with Crippen molar-refractivity contribution in [3.63, 3.8) is 0 Å². The van der Waals surface area contributed by atoms with Gasteiger partial charge in [-0.3, -0.25) is 4.72 Å². The lowest BCUT2D eigenvalue weighted by Gasteiger charge is -2.38. The molecule has 2 aliphatic rings. The van der Waals surface area contributed by atoms with E-state index in [9.17, 15) is 21.6 Å². The molecule has 0 fully saturated rings. The van der Waals surface area contributed by atoms with Gasteiger partial charge in [-0.1, -0.05) is 18.2 Å². The third-order valence-electron chi connectivity index (χ3n) is 6.46. The first-order valence-electron chi connectivity index (χ1n) is 11.2. The average Bonchev–Trinajstić information content (AvgIpc) is 3.36. The minimum absolute atomic E-state index is 0.0686. The molecule has 0 aliphatic carbocycles. The Bertz CT molecular complexity index is 1460. The van der Waals surface area contributed by atoms with Gasteiger partial charge in [-0.2, -0.15) is 13.2 Å². The molecule has 11 heteroatoms. The molecule has 3 aromatic rings. The van der Waals surface area contributed by atoms with Crippen LogP contribution in [-0.4, -0.2) is 26.5 Å². The van der Waals surface area contributed by atoms with Crippen LogP contribution in [0.1, 0.15) is 41.2 Å². The molecule has 0 bridgehead atoms. The summed E-state index contributed by atoms with van der Waals surface area (Å²) >= 11 is 1.17. The Morgan fingerprint density at radius 2 is 1.94 bits per heavy atom. The SMILES string of the molecule is CC1(c2ccc(C(F)(F)F)cc2C2=CCNCC2)NC=Cc2cc(S(=O)(=O)Nc3nccs3)ccc21. The fourth-order valence-corrected chi connectivity index (χ4v) is 6.46. The fourth-order valence-electron chi connectivity index (χ4n) is 4.64. The molecule has 0 amide bonds. The summed E-state index contributed by atoms with van der Waals surface area (Å²) in [5, 5.41) is 8.45. The highest BCUT2D eigenvalue weighted by Gasteiger charge is 2.37. The van der Waals surface area contributed by atoms with Gasteiger partial charge in [0.1, 0.15) is 0 Å². The number of benzene rings is 2. The molecule has 5 rings (SSSR count). The Hall–Kier alpha value is -3.15. The second kappa shape index (κ2) is 9.06. The van der Waals surface area contributed by atoms with Gasteiger partial charge in [0, 0.05) is 18.1 Å². The molecule has 188 valence electrons. The van der Waals surface area contributed by atoms with Crippen molar-refractivity contribution in [1.82, 2.24) is 15.6 Å². The van der Waals surface area contributed by atoms with Crippen LogP contribution in [-0.2, 0) is 21.7 Å². The van der Waals surface area contributed by atoms with Gasteiger partial charge < -0.3 is 10.6 Å². The van der Waals surface area contributed by atoms with Crippen LogP contribution in [0.4, 0.5) is 18.3 Å². The molecule has 2 aliphatic heterocycles. The largest absolute Gasteiger partial charge is 0.416 e. The van der Waals surface area contributed by atoms with Gasteiger partial charge in [-0.25, -0.2) is 13.4 Å². The molecule has 3 N–H and O–H groups in total. The number of sulfonamides is 1. The number of nitrogens with one attached hydrogen (secondary N) is 3. The first-order chi connectivity index (χ1) is 17.1. The number of hydrogen-bond donors (Lipinski definition) is 3. The van der Waals surface area contributed by atoms with Crippen molar-refractivity contribution in [3.05, 3.63) is 88.1 Å². The normalized spacial score (nSPS) is 19.8. The summed E-state index contributed by atoms with van der Waals surface area (Å²) < 4.78 is 69.1. The first kappa shape index (κ1) is 24.5. The van der Waals surface area contributed by atoms with E-state index in [-0.39, 0.29) is 10.0 Å². The first-order valence-corrected chi connectivity index (χ1v) is 13.6. The maximum Gasteiger partial charge on any atom is 0.416 e. The van der Waals surface area contributed by atoms with Gasteiger partial charge in [0.2, 0.25) is 0 Å². The third-order valence-corrected chi connectivity index (χ3v) is 8.61. The van der Waals surface area contributed by atoms with Crippen molar-refractivity contribution in [1.29, 1.82) is 0 Å². The van der Waals surface area contributed by atoms with E-state index < -0.39 is 27.3 Å². The Balaban J connectivity index is 1.60. The Labute approximate surface area is 211 Å². The van der Waals surface area contributed by atoms with Gasteiger partial charge >= 0.3 is 6.18 Å². The molecule has 6 nitrogen and oxygen atoms in total. The number of nitrogens with zero attached hydrogens (tertiary/aromatic N) is 1. The van der Waals surface area contributed by atoms with Crippen LogP contribution in [0.5, 0.6) is 0 Å². The maximum absolute atomic E-state index is 13.6. The van der Waals surface area contributed by atoms with E-state index in [1.54, 1.807) is 29.8 Å². The average molecular weight is 533 g/mol. The van der Waals surface area contributed by atoms with Crippen LogP contribution in [0.25, 0.3) is 11.6 Å². The predicted molar refractivity (Wildman–Crippen MR) is 135 cm³/mol. The zero-order valence-corrected chi connectivity index (χ0v) is 20.8. The topological polar surface area (TPSA) is 83.1 Å². The van der Waals surface area contributed by atoms with Crippen molar-refractivity contribution < 1.29 is 21.6 Å². The zero-order valence-electron chi connectivity index (χ0n) is 19.2. The van der Waals surface area contributed by atoms with Gasteiger partial charge in [0.25, 0.3) is 10.0 Å². The highest BCUT2D eigenvalue weighted by molar-refractivity contribution is 7.93. The smallest absolute Gasteiger partial charge is 0.378 e. The molecular weight excluding hydrogens is 509 g/mol. The molecule has 0 saturated carbocycles. The summed E-state index contributed by atoms with van der Waals surface area (Å²) in [6.45, 7) is 3.15. The number of hydrogen-bond acceptors (Lipinski definition) is 6. The van der Waals surface area contributed by atoms with E-state index in [4.69, 9.17) is 0 Å². The monoisotopic (exact) mass is 532 g/mol. The van der Waals surface area contributed by atoms with E-state index in [1.807, 2.05) is 13.0 Å². The van der Waals surface area contributed by atoms with E-state index in [0.717, 1.165) is 17.2 Å². The van der Waals surface area contributed by atoms with Gasteiger partial charge in [-0.15, -0.1) is 11.3 Å². The summed E-state index contributed by atoms with van der Waals surface area (Å²) in [7, 11) is -3.86. The molecule has 3 heterocycles. The quantitative estimate of drug-likeness (QED) is 0.422. The Kier molecular flexibility index (Phi) is 6.17. The molecule has 0 radical (unpaired) electrons. The third kappa shape index (κ3) is 4.54. The number of halogens is 3. The second-order valence-corrected chi connectivity index (χ2v) is 11.3. The van der Waals surface area contributed by atoms with Crippen molar-refractivity contribution in [2.45, 2.75) is 30.0 Å². The number of anilines is 1. The lowest BCUT2D eigenvalue weighted by molar-refractivity contribution is -0.137. The molecule has 1 aromatic heterocycles. The second-order valence-electron chi connectivity index (χ2n) is 8.74. The summed E-state index contributed by atoms with van der Waals surface area (Å²) in [5.74, 6) is 0. The molecule has 1 atom stereocenters. The van der Waals surface area contributed by atoms with Crippen molar-refractivity contribution in [2.24, 2.45) is 0 Å². The lowest BCUT2D eigenvalue weighted by Crippen LogP contribution is -2.41. The molecule has 2 aromatic carbocycles. The molecular formula is C25H23F3N4O2S2. The Morgan fingerprint density at radius 3 is 2.64 bits per heavy atom. The summed E-state index contributed by atoms with van der Waals surface area (Å²) in [6, 6.07) is 8.61. The van der Waals surface area contributed by atoms with Gasteiger partial charge in [0.05, 0.1) is 16.0 Å². The fraction of sp³-hybridized carbons (Fsp3) is 0.240. The van der Waals surface area contributed by atoms with E-state index in [2.05, 4.69) is 20.3 Å². The number of thiazole rings is 1. The van der Waals surface area contributed by atoms with Crippen molar-refractivity contribution in [2.75, 3.05) is 17.8 Å². The van der Waals surface area contributed by atoms with E-state index >= 15 is 0 Å². The minimum atomic E-state index is -4.47. The molecule has 0 saturated heterocycles. The van der Waals surface area contributed by atoms with E-state index in [0.29, 0.717) is 36.2 Å². The van der Waals surface area contributed by atoms with Crippen molar-refractivity contribution >= 4 is 38.1 Å². The van der Waals surface area contributed by atoms with Crippen LogP contribution in [0.3, 0.4) is 0 Å². The number of fused-ring (bicyclic) bond motifs is 1. The van der Waals surface area contributed by atoms with Crippen LogP contribution in [0, 0.1) is 0 Å². The number of alkyl halides is 3. The highest BCUT2D eigenvalue weighted by Crippen LogP contribution is 2.42. The molecule has 1 unspecified atom stereocenters. The molecule has 36 heavy (non-hydrogen) atoms. The minimum Gasteiger partial charge on any atom is -0.378 e. The highest BCUT2D eigenvalue weighted by atomic mass is 32.2. The van der Waals surface area contributed by atoms with Crippen LogP contribution < -0.4 is 15.4 Å². The summed E-state index contributed by atoms with van der Waals surface area (Å²) in [4.78, 5) is 4.04. The predicted octanol–water partition coefficient (Wildman–Crippen LogP) is 5.18. The van der Waals surface area contributed by atoms with Crippen LogP contribution >= 0.6 is 11.3 Å². The summed E-state index contributed by atoms with van der Waals surface area (Å²) in [6.07, 6.45) is 3.03. The Morgan fingerprint density at radius 1 is 1.14 bits per heavy atom. The number of rotatable bonds is 5. The van der Waals surface area contributed by atoms with E-state index in [1.165, 1.54) is 35.7 Å². The van der Waals surface area contributed by atoms with Gasteiger partial charge in [-0.05, 0) is 84.3 Å². The lowest BCUT2D eigenvalue weighted by atomic mass is 9.76. The maximum atomic E-state index is 13.6. The van der Waals surface area contributed by atoms with Crippen LogP contribution in [0.2, 0.25) is 0 Å². The van der Waals surface area contributed by atoms with Crippen LogP contribution in [0.15, 0.2) is 65.1 Å². The summed E-state index contributed by atoms with van der Waals surface area (Å²) in [5.41, 5.74) is 1.89. The van der Waals surface area contributed by atoms with Crippen molar-refractivity contribution in [3.8, 4) is 0 Å². The zero-order chi connectivity index (χ0) is 25.6.